The lowest BCUT2D eigenvalue weighted by Gasteiger charge is -2.32. The molecule has 4 rings (SSSR count). The Hall–Kier alpha value is -2.53. The number of sulfone groups is 1. The standard InChI is InChI=1S/C24H26ClN3O5S2/c1-17-15-27(16-23(30)31)24(34-17)26-28(10-3-2-4-11-28)22(29)9-12-35(32,33)21-8-6-18-13-20(25)7-5-19(18)14-21/h5-8,13-15H,2-4,9-12,16H2,1H3/p+1. The second-order valence-corrected chi connectivity index (χ2v) is 12.6. The maximum atomic E-state index is 13.5. The van der Waals surface area contributed by atoms with Crippen molar-refractivity contribution in [3.63, 3.8) is 0 Å². The highest BCUT2D eigenvalue weighted by Gasteiger charge is 2.40. The molecule has 11 heteroatoms. The number of likely N-dealkylation sites (tertiary alicyclic amines) is 1. The second-order valence-electron chi connectivity index (χ2n) is 8.79. The monoisotopic (exact) mass is 536 g/mol. The number of aliphatic carboxylic acids is 1. The first-order chi connectivity index (χ1) is 16.6. The number of hydrogen-bond donors (Lipinski definition) is 1. The number of carbonyl (C=O) groups is 2. The summed E-state index contributed by atoms with van der Waals surface area (Å²) in [5.41, 5.74) is 0. The zero-order chi connectivity index (χ0) is 25.2. The van der Waals surface area contributed by atoms with Crippen LogP contribution in [0.5, 0.6) is 0 Å². The number of carbonyl (C=O) groups excluding carboxylic acids is 1. The molecule has 1 aliphatic rings. The number of aryl methyl sites for hydroxylation is 1. The summed E-state index contributed by atoms with van der Waals surface area (Å²) in [5.74, 6) is -1.59. The molecule has 1 saturated heterocycles. The molecule has 1 aromatic heterocycles. The zero-order valence-corrected chi connectivity index (χ0v) is 21.7. The zero-order valence-electron chi connectivity index (χ0n) is 19.3. The molecule has 0 spiro atoms. The Labute approximate surface area is 212 Å². The van der Waals surface area contributed by atoms with Crippen molar-refractivity contribution < 1.29 is 27.7 Å². The van der Waals surface area contributed by atoms with E-state index in [1.165, 1.54) is 22.0 Å². The van der Waals surface area contributed by atoms with Gasteiger partial charge in [0.1, 0.15) is 19.6 Å². The first kappa shape index (κ1) is 25.6. The number of amides is 1. The molecule has 0 bridgehead atoms. The Morgan fingerprint density at radius 1 is 1.11 bits per heavy atom. The molecular weight excluding hydrogens is 510 g/mol. The average Bonchev–Trinajstić information content (AvgIpc) is 3.15. The number of aromatic nitrogens is 1. The van der Waals surface area contributed by atoms with Crippen molar-refractivity contribution in [3.05, 3.63) is 57.3 Å². The Bertz CT molecular complexity index is 1450. The first-order valence-electron chi connectivity index (χ1n) is 11.4. The van der Waals surface area contributed by atoms with Crippen LogP contribution in [0.2, 0.25) is 5.02 Å². The van der Waals surface area contributed by atoms with Crippen LogP contribution < -0.4 is 4.80 Å². The highest BCUT2D eigenvalue weighted by molar-refractivity contribution is 7.91. The number of quaternary nitrogens is 1. The number of nitrogens with zero attached hydrogens (tertiary/aromatic N) is 3. The van der Waals surface area contributed by atoms with Crippen LogP contribution in [-0.4, -0.2) is 53.4 Å². The molecule has 1 amide bonds. The smallest absolute Gasteiger partial charge is 0.340 e. The van der Waals surface area contributed by atoms with E-state index in [0.29, 0.717) is 22.9 Å². The number of piperidine rings is 1. The van der Waals surface area contributed by atoms with Gasteiger partial charge in [-0.15, -0.1) is 4.59 Å². The molecule has 0 aliphatic carbocycles. The van der Waals surface area contributed by atoms with E-state index >= 15 is 0 Å². The molecule has 2 aromatic carbocycles. The first-order valence-corrected chi connectivity index (χ1v) is 14.2. The molecular formula is C24H27ClN3O5S2+. The van der Waals surface area contributed by atoms with Crippen LogP contribution in [-0.2, 0) is 26.0 Å². The van der Waals surface area contributed by atoms with E-state index in [0.717, 1.165) is 34.9 Å². The number of rotatable bonds is 7. The summed E-state index contributed by atoms with van der Waals surface area (Å²) in [6, 6.07) is 10.1. The molecule has 2 heterocycles. The van der Waals surface area contributed by atoms with E-state index < -0.39 is 15.8 Å². The number of carboxylic acid groups (broad SMARTS) is 1. The predicted molar refractivity (Wildman–Crippen MR) is 135 cm³/mol. The molecule has 186 valence electrons. The van der Waals surface area contributed by atoms with Crippen molar-refractivity contribution >= 4 is 55.4 Å². The minimum absolute atomic E-state index is 0.162. The van der Waals surface area contributed by atoms with Crippen LogP contribution in [0.15, 0.2) is 52.6 Å². The summed E-state index contributed by atoms with van der Waals surface area (Å²) in [7, 11) is -3.70. The van der Waals surface area contributed by atoms with Gasteiger partial charge >= 0.3 is 11.9 Å². The maximum Gasteiger partial charge on any atom is 0.340 e. The van der Waals surface area contributed by atoms with Crippen LogP contribution in [0, 0.1) is 6.92 Å². The number of thiazole rings is 1. The fraction of sp³-hybridized carbons (Fsp3) is 0.375. The van der Waals surface area contributed by atoms with Gasteiger partial charge in [-0.1, -0.05) is 35.1 Å². The SMILES string of the molecule is Cc1cn(CC(=O)O)c(=N[N+]2(C(=O)CCS(=O)(=O)c3ccc4cc(Cl)ccc4c3)CCCCC2)s1. The molecule has 0 atom stereocenters. The third kappa shape index (κ3) is 5.83. The quantitative estimate of drug-likeness (QED) is 0.460. The van der Waals surface area contributed by atoms with Crippen molar-refractivity contribution in [2.24, 2.45) is 5.10 Å². The summed E-state index contributed by atoms with van der Waals surface area (Å²) in [4.78, 5) is 26.2. The van der Waals surface area contributed by atoms with Gasteiger partial charge < -0.3 is 9.67 Å². The van der Waals surface area contributed by atoms with Crippen LogP contribution in [0.25, 0.3) is 10.8 Å². The van der Waals surface area contributed by atoms with Gasteiger partial charge in [0.2, 0.25) is 4.80 Å². The van der Waals surface area contributed by atoms with E-state index in [1.807, 2.05) is 6.92 Å². The molecule has 1 fully saturated rings. The van der Waals surface area contributed by atoms with E-state index in [4.69, 9.17) is 16.7 Å². The number of fused-ring (bicyclic) bond motifs is 1. The largest absolute Gasteiger partial charge is 0.480 e. The van der Waals surface area contributed by atoms with Crippen molar-refractivity contribution in [3.8, 4) is 0 Å². The fourth-order valence-corrected chi connectivity index (χ4v) is 6.72. The van der Waals surface area contributed by atoms with Crippen LogP contribution >= 0.6 is 22.9 Å². The highest BCUT2D eigenvalue weighted by Crippen LogP contribution is 2.25. The number of hydrogen-bond acceptors (Lipinski definition) is 6. The third-order valence-corrected chi connectivity index (χ3v) is 9.03. The number of benzene rings is 2. The van der Waals surface area contributed by atoms with E-state index in [2.05, 4.69) is 0 Å². The third-order valence-electron chi connectivity index (χ3n) is 6.16. The summed E-state index contributed by atoms with van der Waals surface area (Å²) in [5, 5.41) is 16.2. The van der Waals surface area contributed by atoms with E-state index in [9.17, 15) is 23.1 Å². The molecule has 1 aliphatic heterocycles. The predicted octanol–water partition coefficient (Wildman–Crippen LogP) is 3.96. The van der Waals surface area contributed by atoms with Gasteiger partial charge in [0.05, 0.1) is 17.1 Å². The average molecular weight is 537 g/mol. The Morgan fingerprint density at radius 2 is 1.80 bits per heavy atom. The van der Waals surface area contributed by atoms with Crippen molar-refractivity contribution in [1.82, 2.24) is 4.57 Å². The Balaban J connectivity index is 1.60. The van der Waals surface area contributed by atoms with Crippen molar-refractivity contribution in [2.75, 3.05) is 18.8 Å². The number of carboxylic acids is 1. The molecule has 35 heavy (non-hydrogen) atoms. The summed E-state index contributed by atoms with van der Waals surface area (Å²) in [6.07, 6.45) is 4.09. The molecule has 8 nitrogen and oxygen atoms in total. The lowest BCUT2D eigenvalue weighted by molar-refractivity contribution is -0.869. The van der Waals surface area contributed by atoms with E-state index in [-0.39, 0.29) is 34.1 Å². The Morgan fingerprint density at radius 3 is 2.51 bits per heavy atom. The molecule has 0 radical (unpaired) electrons. The lowest BCUT2D eigenvalue weighted by atomic mass is 10.1. The normalized spacial score (nSPS) is 16.5. The van der Waals surface area contributed by atoms with Gasteiger partial charge in [-0.2, -0.15) is 0 Å². The van der Waals surface area contributed by atoms with Crippen molar-refractivity contribution in [1.29, 1.82) is 0 Å². The lowest BCUT2D eigenvalue weighted by Crippen LogP contribution is -2.53. The fourth-order valence-electron chi connectivity index (χ4n) is 4.38. The number of halogens is 1. The van der Waals surface area contributed by atoms with Gasteiger partial charge in [0.25, 0.3) is 0 Å². The topological polar surface area (TPSA) is 106 Å². The van der Waals surface area contributed by atoms with Gasteiger partial charge in [0, 0.05) is 16.1 Å². The summed E-state index contributed by atoms with van der Waals surface area (Å²) >= 11 is 7.34. The summed E-state index contributed by atoms with van der Waals surface area (Å²) in [6.45, 7) is 2.55. The van der Waals surface area contributed by atoms with E-state index in [1.54, 1.807) is 36.5 Å². The molecule has 0 unspecified atom stereocenters. The van der Waals surface area contributed by atoms with Gasteiger partial charge in [-0.25, -0.2) is 13.2 Å². The van der Waals surface area contributed by atoms with Crippen LogP contribution in [0.4, 0.5) is 0 Å². The molecule has 3 aromatic rings. The summed E-state index contributed by atoms with van der Waals surface area (Å²) < 4.78 is 27.5. The van der Waals surface area contributed by atoms with Gasteiger partial charge in [-0.05, 0) is 66.3 Å². The minimum Gasteiger partial charge on any atom is -0.480 e. The second kappa shape index (κ2) is 10.2. The Kier molecular flexibility index (Phi) is 7.46. The van der Waals surface area contributed by atoms with Crippen LogP contribution in [0.1, 0.15) is 30.6 Å². The molecule has 1 N–H and O–H groups in total. The van der Waals surface area contributed by atoms with Gasteiger partial charge in [0.15, 0.2) is 9.84 Å². The minimum atomic E-state index is -3.70. The highest BCUT2D eigenvalue weighted by atomic mass is 35.5. The van der Waals surface area contributed by atoms with Crippen molar-refractivity contribution in [2.45, 2.75) is 44.0 Å². The maximum absolute atomic E-state index is 13.5. The van der Waals surface area contributed by atoms with Gasteiger partial charge in [-0.3, -0.25) is 4.79 Å². The van der Waals surface area contributed by atoms with Crippen LogP contribution in [0.3, 0.4) is 0 Å². The molecule has 0 saturated carbocycles.